The van der Waals surface area contributed by atoms with Crippen molar-refractivity contribution in [2.45, 2.75) is 24.8 Å². The number of nitrogens with one attached hydrogen (secondary N) is 1. The van der Waals surface area contributed by atoms with Crippen molar-refractivity contribution in [2.75, 3.05) is 45.9 Å². The minimum absolute atomic E-state index is 0. The second-order valence-electron chi connectivity index (χ2n) is 6.55. The molecule has 9 heteroatoms. The van der Waals surface area contributed by atoms with E-state index in [2.05, 4.69) is 5.32 Å². The summed E-state index contributed by atoms with van der Waals surface area (Å²) in [5.41, 5.74) is 1.07. The van der Waals surface area contributed by atoms with Gasteiger partial charge >= 0.3 is 0 Å². The van der Waals surface area contributed by atoms with Crippen molar-refractivity contribution in [1.29, 1.82) is 0 Å². The minimum Gasteiger partial charge on any atom is -0.379 e. The van der Waals surface area contributed by atoms with Crippen molar-refractivity contribution in [3.63, 3.8) is 0 Å². The van der Waals surface area contributed by atoms with Gasteiger partial charge in [-0.1, -0.05) is 6.07 Å². The molecule has 2 aliphatic heterocycles. The molecule has 0 saturated carbocycles. The molecule has 1 aromatic carbocycles. The third-order valence-corrected chi connectivity index (χ3v) is 6.83. The van der Waals surface area contributed by atoms with Gasteiger partial charge in [0.25, 0.3) is 5.91 Å². The normalized spacial score (nSPS) is 21.9. The lowest BCUT2D eigenvalue weighted by atomic mass is 10.1. The smallest absolute Gasteiger partial charge is 0.254 e. The Morgan fingerprint density at radius 2 is 1.92 bits per heavy atom. The molecule has 1 unspecified atom stereocenters. The fraction of sp³-hybridized carbons (Fsp3) is 0.588. The third kappa shape index (κ3) is 4.20. The molecule has 146 valence electrons. The lowest BCUT2D eigenvalue weighted by molar-refractivity contribution is 0.0655. The average Bonchev–Trinajstić information content (AvgIpc) is 2.62. The van der Waals surface area contributed by atoms with Gasteiger partial charge in [0.15, 0.2) is 0 Å². The molecule has 2 aliphatic rings. The molecule has 0 radical (unpaired) electrons. The summed E-state index contributed by atoms with van der Waals surface area (Å²) in [5, 5.41) is 3.25. The first-order valence-corrected chi connectivity index (χ1v) is 10.1. The van der Waals surface area contributed by atoms with Gasteiger partial charge in [-0.2, -0.15) is 4.31 Å². The molecular weight excluding hydrogens is 378 g/mol. The van der Waals surface area contributed by atoms with Crippen molar-refractivity contribution in [1.82, 2.24) is 14.5 Å². The highest BCUT2D eigenvalue weighted by atomic mass is 35.5. The topological polar surface area (TPSA) is 79.0 Å². The summed E-state index contributed by atoms with van der Waals surface area (Å²) < 4.78 is 32.6. The lowest BCUT2D eigenvalue weighted by Gasteiger charge is -2.34. The number of hydrogen-bond donors (Lipinski definition) is 1. The molecule has 2 heterocycles. The first-order valence-electron chi connectivity index (χ1n) is 8.61. The van der Waals surface area contributed by atoms with Crippen LogP contribution in [0.1, 0.15) is 22.8 Å². The zero-order valence-corrected chi connectivity index (χ0v) is 16.7. The van der Waals surface area contributed by atoms with Gasteiger partial charge in [-0.05, 0) is 31.5 Å². The van der Waals surface area contributed by atoms with Crippen LogP contribution in [0.4, 0.5) is 0 Å². The van der Waals surface area contributed by atoms with Crippen LogP contribution in [0.25, 0.3) is 0 Å². The number of piperazine rings is 1. The molecule has 1 N–H and O–H groups in total. The quantitative estimate of drug-likeness (QED) is 0.810. The minimum atomic E-state index is -3.62. The molecule has 2 fully saturated rings. The molecule has 0 aromatic heterocycles. The predicted molar refractivity (Wildman–Crippen MR) is 101 cm³/mol. The van der Waals surface area contributed by atoms with E-state index in [1.165, 1.54) is 10.4 Å². The summed E-state index contributed by atoms with van der Waals surface area (Å²) in [6.07, 6.45) is 0. The van der Waals surface area contributed by atoms with Crippen molar-refractivity contribution in [2.24, 2.45) is 0 Å². The Kier molecular flexibility index (Phi) is 7.04. The van der Waals surface area contributed by atoms with Gasteiger partial charge in [0.05, 0.1) is 18.1 Å². The Hall–Kier alpha value is -1.19. The van der Waals surface area contributed by atoms with Crippen LogP contribution in [0.2, 0.25) is 0 Å². The standard InChI is InChI=1S/C17H25N3O4S.ClH/c1-13-3-4-15(17(21)20-6-5-18-12-14(20)2)11-16(13)25(22,23)19-7-9-24-10-8-19;/h3-4,11,14,18H,5-10,12H2,1-2H3;1H. The van der Waals surface area contributed by atoms with Crippen molar-refractivity contribution in [3.05, 3.63) is 29.3 Å². The van der Waals surface area contributed by atoms with Gasteiger partial charge in [-0.3, -0.25) is 4.79 Å². The van der Waals surface area contributed by atoms with E-state index in [0.717, 1.165) is 13.1 Å². The summed E-state index contributed by atoms with van der Waals surface area (Å²) >= 11 is 0. The fourth-order valence-electron chi connectivity index (χ4n) is 3.25. The Balaban J connectivity index is 0.00000243. The highest BCUT2D eigenvalue weighted by molar-refractivity contribution is 7.89. The van der Waals surface area contributed by atoms with E-state index in [0.29, 0.717) is 44.0 Å². The zero-order chi connectivity index (χ0) is 18.0. The number of benzene rings is 1. The Morgan fingerprint density at radius 3 is 2.58 bits per heavy atom. The van der Waals surface area contributed by atoms with E-state index >= 15 is 0 Å². The predicted octanol–water partition coefficient (Wildman–Crippen LogP) is 0.872. The molecule has 0 spiro atoms. The molecule has 7 nitrogen and oxygen atoms in total. The number of carbonyl (C=O) groups excluding carboxylic acids is 1. The summed E-state index contributed by atoms with van der Waals surface area (Å²) in [4.78, 5) is 14.9. The highest BCUT2D eigenvalue weighted by Crippen LogP contribution is 2.23. The van der Waals surface area contributed by atoms with Gasteiger partial charge in [0.2, 0.25) is 10.0 Å². The number of hydrogen-bond acceptors (Lipinski definition) is 5. The Morgan fingerprint density at radius 1 is 1.23 bits per heavy atom. The van der Waals surface area contributed by atoms with Gasteiger partial charge in [-0.15, -0.1) is 12.4 Å². The van der Waals surface area contributed by atoms with Crippen LogP contribution in [0.15, 0.2) is 23.1 Å². The van der Waals surface area contributed by atoms with Crippen LogP contribution < -0.4 is 5.32 Å². The third-order valence-electron chi connectivity index (χ3n) is 4.79. The summed E-state index contributed by atoms with van der Waals surface area (Å²) in [7, 11) is -3.62. The van der Waals surface area contributed by atoms with Gasteiger partial charge in [0, 0.05) is 44.3 Å². The van der Waals surface area contributed by atoms with Crippen molar-refractivity contribution in [3.8, 4) is 0 Å². The molecule has 2 saturated heterocycles. The van der Waals surface area contributed by atoms with E-state index in [9.17, 15) is 13.2 Å². The van der Waals surface area contributed by atoms with E-state index in [-0.39, 0.29) is 29.3 Å². The molecule has 26 heavy (non-hydrogen) atoms. The van der Waals surface area contributed by atoms with Crippen molar-refractivity contribution >= 4 is 28.3 Å². The maximum Gasteiger partial charge on any atom is 0.254 e. The molecule has 1 atom stereocenters. The maximum absolute atomic E-state index is 13.0. The number of nitrogens with zero attached hydrogens (tertiary/aromatic N) is 2. The molecule has 1 amide bonds. The first-order chi connectivity index (χ1) is 11.9. The fourth-order valence-corrected chi connectivity index (χ4v) is 4.90. The Labute approximate surface area is 161 Å². The molecule has 1 aromatic rings. The summed E-state index contributed by atoms with van der Waals surface area (Å²) in [6, 6.07) is 5.04. The summed E-state index contributed by atoms with van der Waals surface area (Å²) in [6.45, 7) is 7.35. The number of aryl methyl sites for hydroxylation is 1. The summed E-state index contributed by atoms with van der Waals surface area (Å²) in [5.74, 6) is -0.118. The van der Waals surface area contributed by atoms with Gasteiger partial charge < -0.3 is 15.0 Å². The van der Waals surface area contributed by atoms with E-state index < -0.39 is 10.0 Å². The van der Waals surface area contributed by atoms with Crippen LogP contribution >= 0.6 is 12.4 Å². The number of sulfonamides is 1. The number of morpholine rings is 1. The highest BCUT2D eigenvalue weighted by Gasteiger charge is 2.30. The van der Waals surface area contributed by atoms with Crippen LogP contribution in [-0.2, 0) is 14.8 Å². The number of amides is 1. The van der Waals surface area contributed by atoms with Crippen molar-refractivity contribution < 1.29 is 17.9 Å². The van der Waals surface area contributed by atoms with Crippen LogP contribution in [0, 0.1) is 6.92 Å². The van der Waals surface area contributed by atoms with E-state index in [4.69, 9.17) is 4.74 Å². The average molecular weight is 404 g/mol. The zero-order valence-electron chi connectivity index (χ0n) is 15.1. The SMILES string of the molecule is Cc1ccc(C(=O)N2CCNCC2C)cc1S(=O)(=O)N1CCOCC1.Cl. The van der Waals surface area contributed by atoms with E-state index in [1.54, 1.807) is 24.0 Å². The molecule has 0 aliphatic carbocycles. The maximum atomic E-state index is 13.0. The number of ether oxygens (including phenoxy) is 1. The van der Waals surface area contributed by atoms with Crippen LogP contribution in [0.5, 0.6) is 0 Å². The van der Waals surface area contributed by atoms with E-state index in [1.807, 2.05) is 6.92 Å². The number of carbonyl (C=O) groups is 1. The number of rotatable bonds is 3. The van der Waals surface area contributed by atoms with Crippen LogP contribution in [0.3, 0.4) is 0 Å². The first kappa shape index (κ1) is 21.1. The van der Waals surface area contributed by atoms with Gasteiger partial charge in [-0.25, -0.2) is 8.42 Å². The Bertz CT molecular complexity index is 750. The largest absolute Gasteiger partial charge is 0.379 e. The van der Waals surface area contributed by atoms with Crippen LogP contribution in [-0.4, -0.2) is 75.5 Å². The number of halogens is 1. The second kappa shape index (κ2) is 8.67. The monoisotopic (exact) mass is 403 g/mol. The lowest BCUT2D eigenvalue weighted by Crippen LogP contribution is -2.52. The van der Waals surface area contributed by atoms with Gasteiger partial charge in [0.1, 0.15) is 0 Å². The second-order valence-corrected chi connectivity index (χ2v) is 8.45. The molecular formula is C17H26ClN3O4S. The molecule has 0 bridgehead atoms. The molecule has 3 rings (SSSR count).